The van der Waals surface area contributed by atoms with Crippen molar-refractivity contribution in [1.29, 1.82) is 0 Å². The number of carbonyl (C=O) groups excluding carboxylic acids is 1. The van der Waals surface area contributed by atoms with Crippen molar-refractivity contribution in [3.05, 3.63) is 47.5 Å². The van der Waals surface area contributed by atoms with Crippen LogP contribution in [0.15, 0.2) is 36.9 Å². The van der Waals surface area contributed by atoms with E-state index in [1.54, 1.807) is 37.4 Å². The Labute approximate surface area is 116 Å². The number of halogens is 1. The lowest BCUT2D eigenvalue weighted by atomic mass is 10.1. The number of likely N-dealkylation sites (N-methyl/N-ethyl adjacent to an activating group) is 1. The predicted molar refractivity (Wildman–Crippen MR) is 73.2 cm³/mol. The van der Waals surface area contributed by atoms with E-state index in [1.807, 2.05) is 0 Å². The first-order valence-electron chi connectivity index (χ1n) is 5.57. The molecule has 2 amide bonds. The molecule has 0 radical (unpaired) electrons. The molecule has 0 spiro atoms. The molecular weight excluding hydrogens is 268 g/mol. The second kappa shape index (κ2) is 6.80. The number of benzene rings is 1. The second-order valence-electron chi connectivity index (χ2n) is 3.91. The van der Waals surface area contributed by atoms with Crippen molar-refractivity contribution in [3.8, 4) is 0 Å². The van der Waals surface area contributed by atoms with Crippen LogP contribution >= 0.6 is 11.6 Å². The van der Waals surface area contributed by atoms with Crippen molar-refractivity contribution >= 4 is 23.6 Å². The topological polar surface area (TPSA) is 69.6 Å². The van der Waals surface area contributed by atoms with Crippen molar-refractivity contribution in [2.45, 2.75) is 6.04 Å². The van der Waals surface area contributed by atoms with Crippen molar-refractivity contribution in [2.24, 2.45) is 0 Å². The standard InChI is InChI=1S/C13H15ClN2O3/c1-3-8-16(2)13(19)15-11(12(17)18)9-6-4-5-7-10(9)14/h3-7,11H,1,8H2,2H3,(H,15,19)(H,17,18)/t11-/m1/s1. The molecule has 1 atom stereocenters. The molecule has 0 aromatic heterocycles. The summed E-state index contributed by atoms with van der Waals surface area (Å²) in [7, 11) is 1.54. The van der Waals surface area contributed by atoms with Gasteiger partial charge in [0.15, 0.2) is 6.04 Å². The summed E-state index contributed by atoms with van der Waals surface area (Å²) in [5.41, 5.74) is 0.344. The van der Waals surface area contributed by atoms with Crippen LogP contribution in [0.3, 0.4) is 0 Å². The molecule has 6 heteroatoms. The highest BCUT2D eigenvalue weighted by molar-refractivity contribution is 6.31. The number of rotatable bonds is 5. The lowest BCUT2D eigenvalue weighted by molar-refractivity contribution is -0.139. The molecule has 19 heavy (non-hydrogen) atoms. The van der Waals surface area contributed by atoms with Gasteiger partial charge in [-0.05, 0) is 6.07 Å². The van der Waals surface area contributed by atoms with Gasteiger partial charge >= 0.3 is 12.0 Å². The summed E-state index contributed by atoms with van der Waals surface area (Å²) in [6.45, 7) is 3.83. The molecule has 0 aliphatic heterocycles. The van der Waals surface area contributed by atoms with Crippen molar-refractivity contribution in [3.63, 3.8) is 0 Å². The van der Waals surface area contributed by atoms with Gasteiger partial charge in [0.2, 0.25) is 0 Å². The average molecular weight is 283 g/mol. The van der Waals surface area contributed by atoms with Crippen LogP contribution in [0.2, 0.25) is 5.02 Å². The van der Waals surface area contributed by atoms with Crippen molar-refractivity contribution in [1.82, 2.24) is 10.2 Å². The van der Waals surface area contributed by atoms with Gasteiger partial charge in [-0.15, -0.1) is 6.58 Å². The molecule has 102 valence electrons. The van der Waals surface area contributed by atoms with E-state index in [0.717, 1.165) is 0 Å². The Hall–Kier alpha value is -2.01. The second-order valence-corrected chi connectivity index (χ2v) is 4.32. The fourth-order valence-electron chi connectivity index (χ4n) is 1.49. The van der Waals surface area contributed by atoms with Crippen LogP contribution in [0, 0.1) is 0 Å². The third-order valence-corrected chi connectivity index (χ3v) is 2.82. The van der Waals surface area contributed by atoms with Gasteiger partial charge < -0.3 is 15.3 Å². The molecule has 0 aliphatic carbocycles. The van der Waals surface area contributed by atoms with Crippen LogP contribution in [-0.4, -0.2) is 35.6 Å². The molecule has 0 saturated heterocycles. The Morgan fingerprint density at radius 2 is 2.16 bits per heavy atom. The number of nitrogens with one attached hydrogen (secondary N) is 1. The Kier molecular flexibility index (Phi) is 5.38. The summed E-state index contributed by atoms with van der Waals surface area (Å²) in [6, 6.07) is 4.80. The van der Waals surface area contributed by atoms with Gasteiger partial charge in [0.25, 0.3) is 0 Å². The molecule has 0 saturated carbocycles. The highest BCUT2D eigenvalue weighted by atomic mass is 35.5. The van der Waals surface area contributed by atoms with Gasteiger partial charge in [0, 0.05) is 24.2 Å². The van der Waals surface area contributed by atoms with Crippen molar-refractivity contribution < 1.29 is 14.7 Å². The molecule has 0 unspecified atom stereocenters. The van der Waals surface area contributed by atoms with Gasteiger partial charge in [-0.2, -0.15) is 0 Å². The van der Waals surface area contributed by atoms with Gasteiger partial charge in [0.1, 0.15) is 0 Å². The van der Waals surface area contributed by atoms with Gasteiger partial charge in [-0.3, -0.25) is 0 Å². The van der Waals surface area contributed by atoms with Crippen LogP contribution in [-0.2, 0) is 4.79 Å². The molecule has 1 aromatic carbocycles. The summed E-state index contributed by atoms with van der Waals surface area (Å²) < 4.78 is 0. The number of hydrogen-bond donors (Lipinski definition) is 2. The highest BCUT2D eigenvalue weighted by Crippen LogP contribution is 2.23. The maximum atomic E-state index is 11.8. The maximum Gasteiger partial charge on any atom is 0.331 e. The lowest BCUT2D eigenvalue weighted by Crippen LogP contribution is -2.42. The van der Waals surface area contributed by atoms with Crippen LogP contribution in [0.1, 0.15) is 11.6 Å². The predicted octanol–water partition coefficient (Wildman–Crippen LogP) is 2.29. The van der Waals surface area contributed by atoms with E-state index >= 15 is 0 Å². The molecule has 0 fully saturated rings. The number of amides is 2. The maximum absolute atomic E-state index is 11.8. The normalized spacial score (nSPS) is 11.5. The molecule has 0 bridgehead atoms. The fourth-order valence-corrected chi connectivity index (χ4v) is 1.74. The molecule has 1 aromatic rings. The Morgan fingerprint density at radius 3 is 2.68 bits per heavy atom. The minimum atomic E-state index is -1.19. The van der Waals surface area contributed by atoms with Crippen molar-refractivity contribution in [2.75, 3.05) is 13.6 Å². The van der Waals surface area contributed by atoms with Gasteiger partial charge in [-0.1, -0.05) is 35.9 Å². The Morgan fingerprint density at radius 1 is 1.53 bits per heavy atom. The summed E-state index contributed by atoms with van der Waals surface area (Å²) in [5.74, 6) is -1.17. The highest BCUT2D eigenvalue weighted by Gasteiger charge is 2.25. The average Bonchev–Trinajstić information content (AvgIpc) is 2.36. The third-order valence-electron chi connectivity index (χ3n) is 2.48. The molecule has 5 nitrogen and oxygen atoms in total. The van der Waals surface area contributed by atoms with E-state index in [4.69, 9.17) is 11.6 Å². The van der Waals surface area contributed by atoms with E-state index < -0.39 is 18.0 Å². The first-order chi connectivity index (χ1) is 8.97. The summed E-state index contributed by atoms with van der Waals surface area (Å²) in [4.78, 5) is 24.4. The van der Waals surface area contributed by atoms with E-state index in [-0.39, 0.29) is 0 Å². The molecule has 2 N–H and O–H groups in total. The first kappa shape index (κ1) is 15.0. The smallest absolute Gasteiger partial charge is 0.331 e. The molecule has 1 rings (SSSR count). The van der Waals surface area contributed by atoms with E-state index in [0.29, 0.717) is 17.1 Å². The first-order valence-corrected chi connectivity index (χ1v) is 5.95. The van der Waals surface area contributed by atoms with Crippen LogP contribution in [0.25, 0.3) is 0 Å². The number of carboxylic acids is 1. The number of carbonyl (C=O) groups is 2. The van der Waals surface area contributed by atoms with E-state index in [2.05, 4.69) is 11.9 Å². The number of nitrogens with zero attached hydrogens (tertiary/aromatic N) is 1. The minimum Gasteiger partial charge on any atom is -0.479 e. The summed E-state index contributed by atoms with van der Waals surface area (Å²) in [6.07, 6.45) is 1.55. The quantitative estimate of drug-likeness (QED) is 0.814. The minimum absolute atomic E-state index is 0.293. The van der Waals surface area contributed by atoms with Crippen LogP contribution in [0.5, 0.6) is 0 Å². The number of aliphatic carboxylic acids is 1. The Bertz CT molecular complexity index is 491. The summed E-state index contributed by atoms with van der Waals surface area (Å²) >= 11 is 5.94. The zero-order chi connectivity index (χ0) is 14.4. The number of urea groups is 1. The van der Waals surface area contributed by atoms with Crippen LogP contribution < -0.4 is 5.32 Å². The zero-order valence-electron chi connectivity index (χ0n) is 10.5. The Balaban J connectivity index is 2.92. The molecule has 0 aliphatic rings. The summed E-state index contributed by atoms with van der Waals surface area (Å²) in [5, 5.41) is 11.9. The lowest BCUT2D eigenvalue weighted by Gasteiger charge is -2.21. The zero-order valence-corrected chi connectivity index (χ0v) is 11.2. The van der Waals surface area contributed by atoms with Gasteiger partial charge in [0.05, 0.1) is 0 Å². The SMILES string of the molecule is C=CCN(C)C(=O)N[C@@H](C(=O)O)c1ccccc1Cl. The number of hydrogen-bond acceptors (Lipinski definition) is 2. The molecular formula is C13H15ClN2O3. The fraction of sp³-hybridized carbons (Fsp3) is 0.231. The van der Waals surface area contributed by atoms with Crippen LogP contribution in [0.4, 0.5) is 4.79 Å². The monoisotopic (exact) mass is 282 g/mol. The van der Waals surface area contributed by atoms with Gasteiger partial charge in [-0.25, -0.2) is 9.59 Å². The largest absolute Gasteiger partial charge is 0.479 e. The molecule has 0 heterocycles. The van der Waals surface area contributed by atoms with E-state index in [1.165, 1.54) is 4.90 Å². The number of carboxylic acid groups (broad SMARTS) is 1. The van der Waals surface area contributed by atoms with E-state index in [9.17, 15) is 14.7 Å². The third kappa shape index (κ3) is 3.99.